The number of hydrogen-bond acceptors (Lipinski definition) is 4. The number of piperidine rings is 1. The Morgan fingerprint density at radius 3 is 3.00 bits per heavy atom. The van der Waals surface area contributed by atoms with Crippen LogP contribution in [0.5, 0.6) is 0 Å². The molecule has 1 aliphatic rings. The molecule has 0 aromatic carbocycles. The van der Waals surface area contributed by atoms with E-state index in [-0.39, 0.29) is 0 Å². The van der Waals surface area contributed by atoms with Crippen LogP contribution in [0.1, 0.15) is 28.9 Å². The lowest BCUT2D eigenvalue weighted by Gasteiger charge is -2.33. The van der Waals surface area contributed by atoms with Crippen molar-refractivity contribution >= 4 is 11.7 Å². The fourth-order valence-electron chi connectivity index (χ4n) is 2.38. The minimum Gasteiger partial charge on any atom is -0.366 e. The van der Waals surface area contributed by atoms with Crippen molar-refractivity contribution in [3.05, 3.63) is 23.4 Å². The molecule has 1 amide bonds. The fraction of sp³-hybridized carbons (Fsp3) is 0.538. The maximum Gasteiger partial charge on any atom is 0.248 e. The van der Waals surface area contributed by atoms with E-state index in [2.05, 4.69) is 15.2 Å². The number of likely N-dealkylation sites (N-methyl/N-ethyl adjacent to an activating group) is 1. The van der Waals surface area contributed by atoms with Crippen LogP contribution < -0.4 is 16.0 Å². The van der Waals surface area contributed by atoms with Gasteiger partial charge in [-0.25, -0.2) is 4.98 Å². The lowest BCUT2D eigenvalue weighted by atomic mass is 10.1. The molecule has 1 aromatic rings. The van der Waals surface area contributed by atoms with Crippen LogP contribution in [0.2, 0.25) is 0 Å². The highest BCUT2D eigenvalue weighted by Gasteiger charge is 2.20. The first kappa shape index (κ1) is 12.8. The van der Waals surface area contributed by atoms with Gasteiger partial charge in [0.25, 0.3) is 0 Å². The molecule has 18 heavy (non-hydrogen) atoms. The van der Waals surface area contributed by atoms with Gasteiger partial charge < -0.3 is 16.0 Å². The maximum atomic E-state index is 11.3. The Morgan fingerprint density at radius 2 is 2.33 bits per heavy atom. The van der Waals surface area contributed by atoms with Crippen molar-refractivity contribution in [3.8, 4) is 0 Å². The molecule has 2 rings (SSSR count). The average molecular weight is 248 g/mol. The molecular weight excluding hydrogens is 228 g/mol. The summed E-state index contributed by atoms with van der Waals surface area (Å²) in [5.41, 5.74) is 6.70. The molecule has 0 radical (unpaired) electrons. The normalized spacial score (nSPS) is 19.9. The van der Waals surface area contributed by atoms with Crippen LogP contribution in [0.25, 0.3) is 0 Å². The lowest BCUT2D eigenvalue weighted by Crippen LogP contribution is -2.44. The van der Waals surface area contributed by atoms with Crippen molar-refractivity contribution in [2.24, 2.45) is 5.73 Å². The molecule has 3 N–H and O–H groups in total. The molecule has 1 aromatic heterocycles. The third-order valence-corrected chi connectivity index (χ3v) is 3.38. The predicted molar refractivity (Wildman–Crippen MR) is 71.8 cm³/mol. The quantitative estimate of drug-likeness (QED) is 0.825. The van der Waals surface area contributed by atoms with Crippen molar-refractivity contribution in [1.29, 1.82) is 0 Å². The third-order valence-electron chi connectivity index (χ3n) is 3.38. The van der Waals surface area contributed by atoms with Crippen LogP contribution in [0.3, 0.4) is 0 Å². The monoisotopic (exact) mass is 248 g/mol. The Morgan fingerprint density at radius 1 is 1.56 bits per heavy atom. The second-order valence-corrected chi connectivity index (χ2v) is 4.79. The summed E-state index contributed by atoms with van der Waals surface area (Å²) in [7, 11) is 1.98. The van der Waals surface area contributed by atoms with Crippen LogP contribution in [-0.2, 0) is 0 Å². The number of anilines is 1. The molecule has 0 aliphatic carbocycles. The number of primary amides is 1. The van der Waals surface area contributed by atoms with Gasteiger partial charge in [0.1, 0.15) is 5.82 Å². The van der Waals surface area contributed by atoms with Crippen LogP contribution in [-0.4, -0.2) is 37.1 Å². The summed E-state index contributed by atoms with van der Waals surface area (Å²) in [6, 6.07) is 4.00. The Labute approximate surface area is 107 Å². The Bertz CT molecular complexity index is 447. The van der Waals surface area contributed by atoms with E-state index in [0.29, 0.717) is 11.6 Å². The van der Waals surface area contributed by atoms with Crippen LogP contribution in [0.15, 0.2) is 12.1 Å². The van der Waals surface area contributed by atoms with Gasteiger partial charge in [-0.3, -0.25) is 4.79 Å². The number of hydrogen-bond donors (Lipinski definition) is 2. The number of amides is 1. The molecule has 0 saturated carbocycles. The summed E-state index contributed by atoms with van der Waals surface area (Å²) in [4.78, 5) is 18.0. The molecule has 1 saturated heterocycles. The standard InChI is InChI=1S/C13H20N4O/c1-9-6-10(13(14)18)7-12(16-9)17-5-3-4-11(8-17)15-2/h6-7,11,15H,3-5,8H2,1-2H3,(H2,14,18). The molecular formula is C13H20N4O. The Balaban J connectivity index is 2.24. The van der Waals surface area contributed by atoms with Crippen molar-refractivity contribution in [2.75, 3.05) is 25.0 Å². The minimum absolute atomic E-state index is 0.399. The summed E-state index contributed by atoms with van der Waals surface area (Å²) in [6.07, 6.45) is 2.31. The topological polar surface area (TPSA) is 71.2 Å². The second kappa shape index (κ2) is 5.35. The SMILES string of the molecule is CNC1CCCN(c2cc(C(N)=O)cc(C)n2)C1. The van der Waals surface area contributed by atoms with E-state index in [0.717, 1.165) is 31.0 Å². The van der Waals surface area contributed by atoms with E-state index in [1.54, 1.807) is 12.1 Å². The van der Waals surface area contributed by atoms with Gasteiger partial charge in [0.2, 0.25) is 5.91 Å². The maximum absolute atomic E-state index is 11.3. The molecule has 2 heterocycles. The fourth-order valence-corrected chi connectivity index (χ4v) is 2.38. The number of rotatable bonds is 3. The smallest absolute Gasteiger partial charge is 0.248 e. The van der Waals surface area contributed by atoms with E-state index in [9.17, 15) is 4.79 Å². The largest absolute Gasteiger partial charge is 0.366 e. The number of pyridine rings is 1. The van der Waals surface area contributed by atoms with Crippen molar-refractivity contribution in [2.45, 2.75) is 25.8 Å². The van der Waals surface area contributed by atoms with Crippen LogP contribution >= 0.6 is 0 Å². The van der Waals surface area contributed by atoms with Gasteiger partial charge >= 0.3 is 0 Å². The van der Waals surface area contributed by atoms with Gasteiger partial charge in [0.05, 0.1) is 0 Å². The van der Waals surface area contributed by atoms with Crippen molar-refractivity contribution in [3.63, 3.8) is 0 Å². The number of aryl methyl sites for hydroxylation is 1. The summed E-state index contributed by atoms with van der Waals surface area (Å²) in [5, 5.41) is 3.29. The predicted octanol–water partition coefficient (Wildman–Crippen LogP) is 0.677. The van der Waals surface area contributed by atoms with E-state index >= 15 is 0 Å². The second-order valence-electron chi connectivity index (χ2n) is 4.79. The van der Waals surface area contributed by atoms with E-state index in [1.165, 1.54) is 6.42 Å². The number of nitrogens with one attached hydrogen (secondary N) is 1. The zero-order valence-corrected chi connectivity index (χ0v) is 10.9. The van der Waals surface area contributed by atoms with Crippen molar-refractivity contribution in [1.82, 2.24) is 10.3 Å². The zero-order chi connectivity index (χ0) is 13.1. The molecule has 5 heteroatoms. The number of nitrogens with zero attached hydrogens (tertiary/aromatic N) is 2. The molecule has 1 fully saturated rings. The van der Waals surface area contributed by atoms with E-state index < -0.39 is 5.91 Å². The number of aromatic nitrogens is 1. The van der Waals surface area contributed by atoms with Gasteiger partial charge in [-0.15, -0.1) is 0 Å². The van der Waals surface area contributed by atoms with E-state index in [1.807, 2.05) is 14.0 Å². The molecule has 1 aliphatic heterocycles. The highest BCUT2D eigenvalue weighted by Crippen LogP contribution is 2.19. The molecule has 0 bridgehead atoms. The first-order chi connectivity index (χ1) is 8.60. The Kier molecular flexibility index (Phi) is 3.81. The lowest BCUT2D eigenvalue weighted by molar-refractivity contribution is 0.1000. The molecule has 98 valence electrons. The molecule has 1 unspecified atom stereocenters. The average Bonchev–Trinajstić information content (AvgIpc) is 2.38. The van der Waals surface area contributed by atoms with Crippen molar-refractivity contribution < 1.29 is 4.79 Å². The molecule has 1 atom stereocenters. The van der Waals surface area contributed by atoms with E-state index in [4.69, 9.17) is 5.73 Å². The summed E-state index contributed by atoms with van der Waals surface area (Å²) in [5.74, 6) is 0.452. The summed E-state index contributed by atoms with van der Waals surface area (Å²) < 4.78 is 0. The number of carbonyl (C=O) groups is 1. The Hall–Kier alpha value is -1.62. The molecule has 5 nitrogen and oxygen atoms in total. The number of carbonyl (C=O) groups excluding carboxylic acids is 1. The summed E-state index contributed by atoms with van der Waals surface area (Å²) >= 11 is 0. The first-order valence-corrected chi connectivity index (χ1v) is 6.31. The van der Waals surface area contributed by atoms with Gasteiger partial charge in [-0.05, 0) is 38.9 Å². The highest BCUT2D eigenvalue weighted by atomic mass is 16.1. The van der Waals surface area contributed by atoms with Gasteiger partial charge in [-0.1, -0.05) is 0 Å². The van der Waals surface area contributed by atoms with Gasteiger partial charge in [-0.2, -0.15) is 0 Å². The van der Waals surface area contributed by atoms with Crippen LogP contribution in [0, 0.1) is 6.92 Å². The molecule has 0 spiro atoms. The zero-order valence-electron chi connectivity index (χ0n) is 10.9. The van der Waals surface area contributed by atoms with Crippen LogP contribution in [0.4, 0.5) is 5.82 Å². The first-order valence-electron chi connectivity index (χ1n) is 6.31. The van der Waals surface area contributed by atoms with Gasteiger partial charge in [0, 0.05) is 30.4 Å². The third kappa shape index (κ3) is 2.79. The van der Waals surface area contributed by atoms with Gasteiger partial charge in [0.15, 0.2) is 0 Å². The minimum atomic E-state index is -0.399. The number of nitrogens with two attached hydrogens (primary N) is 1. The summed E-state index contributed by atoms with van der Waals surface area (Å²) in [6.45, 7) is 3.79. The highest BCUT2D eigenvalue weighted by molar-refractivity contribution is 5.93.